The van der Waals surface area contributed by atoms with Gasteiger partial charge in [0.1, 0.15) is 0 Å². The van der Waals surface area contributed by atoms with Crippen LogP contribution in [0, 0.1) is 5.41 Å². The summed E-state index contributed by atoms with van der Waals surface area (Å²) in [5.41, 5.74) is 1.87. The predicted molar refractivity (Wildman–Crippen MR) is 84.2 cm³/mol. The van der Waals surface area contributed by atoms with Crippen LogP contribution in [0.25, 0.3) is 0 Å². The lowest BCUT2D eigenvalue weighted by molar-refractivity contribution is 0.218. The topological polar surface area (TPSA) is 66.4 Å². The van der Waals surface area contributed by atoms with E-state index in [1.54, 1.807) is 24.3 Å². The first-order valence-electron chi connectivity index (χ1n) is 7.48. The molecule has 1 aliphatic carbocycles. The molecule has 2 rings (SSSR count). The summed E-state index contributed by atoms with van der Waals surface area (Å²) in [7, 11) is -3.30. The summed E-state index contributed by atoms with van der Waals surface area (Å²) in [5, 5.41) is 8.99. The van der Waals surface area contributed by atoms with Crippen molar-refractivity contribution in [2.75, 3.05) is 0 Å². The number of sulfonamides is 1. The Hall–Kier alpha value is -0.910. The number of rotatable bonds is 5. The van der Waals surface area contributed by atoms with E-state index in [2.05, 4.69) is 18.6 Å². The first-order valence-corrected chi connectivity index (χ1v) is 9.14. The first kappa shape index (κ1) is 16.5. The smallest absolute Gasteiger partial charge is 0.216 e. The Morgan fingerprint density at radius 2 is 1.67 bits per heavy atom. The fourth-order valence-corrected chi connectivity index (χ4v) is 4.23. The summed E-state index contributed by atoms with van der Waals surface area (Å²) in [6.07, 6.45) is 3.95. The molecule has 21 heavy (non-hydrogen) atoms. The van der Waals surface area contributed by atoms with Crippen molar-refractivity contribution in [2.45, 2.75) is 57.9 Å². The average Bonchev–Trinajstić information content (AvgIpc) is 2.41. The molecule has 1 saturated carbocycles. The van der Waals surface area contributed by atoms with Crippen LogP contribution in [0.5, 0.6) is 0 Å². The number of nitrogens with one attached hydrogen (secondary N) is 1. The first-order chi connectivity index (χ1) is 9.80. The van der Waals surface area contributed by atoms with Gasteiger partial charge in [0.15, 0.2) is 0 Å². The normalized spacial score (nSPS) is 19.6. The van der Waals surface area contributed by atoms with Gasteiger partial charge in [-0.2, -0.15) is 0 Å². The highest BCUT2D eigenvalue weighted by Gasteiger charge is 2.29. The Bertz CT molecular complexity index is 554. The summed E-state index contributed by atoms with van der Waals surface area (Å²) in [4.78, 5) is 0. The Kier molecular flexibility index (Phi) is 5.07. The third-order valence-corrected chi connectivity index (χ3v) is 5.65. The number of hydrogen-bond donors (Lipinski definition) is 2. The summed E-state index contributed by atoms with van der Waals surface area (Å²) in [6, 6.07) is 7.10. The lowest BCUT2D eigenvalue weighted by Gasteiger charge is -2.34. The molecular formula is C16H25NO3S. The third-order valence-electron chi connectivity index (χ3n) is 4.25. The molecule has 1 aliphatic rings. The second-order valence-electron chi connectivity index (χ2n) is 6.79. The molecule has 0 atom stereocenters. The van der Waals surface area contributed by atoms with Crippen LogP contribution in [0.1, 0.15) is 50.7 Å². The maximum Gasteiger partial charge on any atom is 0.216 e. The van der Waals surface area contributed by atoms with E-state index in [1.807, 2.05) is 0 Å². The van der Waals surface area contributed by atoms with Gasteiger partial charge in [-0.15, -0.1) is 0 Å². The van der Waals surface area contributed by atoms with Crippen molar-refractivity contribution in [3.8, 4) is 0 Å². The van der Waals surface area contributed by atoms with E-state index in [0.717, 1.165) is 36.8 Å². The number of aliphatic hydroxyl groups excluding tert-OH is 1. The van der Waals surface area contributed by atoms with Gasteiger partial charge in [0, 0.05) is 6.04 Å². The molecule has 1 aromatic rings. The van der Waals surface area contributed by atoms with E-state index in [9.17, 15) is 8.42 Å². The number of benzene rings is 1. The van der Waals surface area contributed by atoms with Crippen LogP contribution in [0.15, 0.2) is 24.3 Å². The van der Waals surface area contributed by atoms with Crippen molar-refractivity contribution in [1.82, 2.24) is 4.72 Å². The van der Waals surface area contributed by atoms with Gasteiger partial charge in [-0.1, -0.05) is 38.1 Å². The molecular weight excluding hydrogens is 286 g/mol. The molecule has 5 heteroatoms. The Morgan fingerprint density at radius 3 is 2.19 bits per heavy atom. The molecule has 1 fully saturated rings. The highest BCUT2D eigenvalue weighted by atomic mass is 32.2. The zero-order valence-electron chi connectivity index (χ0n) is 12.8. The molecule has 0 spiro atoms. The van der Waals surface area contributed by atoms with Gasteiger partial charge in [-0.3, -0.25) is 0 Å². The summed E-state index contributed by atoms with van der Waals surface area (Å²) in [5.74, 6) is -0.00139. The largest absolute Gasteiger partial charge is 0.392 e. The molecule has 1 aromatic carbocycles. The molecule has 2 N–H and O–H groups in total. The Morgan fingerprint density at radius 1 is 1.14 bits per heavy atom. The van der Waals surface area contributed by atoms with Crippen molar-refractivity contribution in [3.05, 3.63) is 35.4 Å². The van der Waals surface area contributed by atoms with Gasteiger partial charge in [0.25, 0.3) is 0 Å². The van der Waals surface area contributed by atoms with Gasteiger partial charge in [-0.05, 0) is 42.2 Å². The van der Waals surface area contributed by atoms with Crippen LogP contribution in [0.3, 0.4) is 0 Å². The second kappa shape index (κ2) is 6.46. The zero-order chi connectivity index (χ0) is 15.5. The SMILES string of the molecule is CC1(C)CCC(NS(=O)(=O)Cc2ccc(CO)cc2)CC1. The van der Waals surface area contributed by atoms with Gasteiger partial charge >= 0.3 is 0 Å². The van der Waals surface area contributed by atoms with Gasteiger partial charge < -0.3 is 5.11 Å². The fraction of sp³-hybridized carbons (Fsp3) is 0.625. The van der Waals surface area contributed by atoms with Crippen LogP contribution in [-0.4, -0.2) is 19.6 Å². The van der Waals surface area contributed by atoms with E-state index < -0.39 is 10.0 Å². The van der Waals surface area contributed by atoms with Crippen molar-refractivity contribution in [1.29, 1.82) is 0 Å². The lowest BCUT2D eigenvalue weighted by atomic mass is 9.76. The van der Waals surface area contributed by atoms with Crippen LogP contribution in [0.2, 0.25) is 0 Å². The Balaban J connectivity index is 1.92. The lowest BCUT2D eigenvalue weighted by Crippen LogP contribution is -2.39. The third kappa shape index (κ3) is 5.09. The highest BCUT2D eigenvalue weighted by molar-refractivity contribution is 7.88. The molecule has 0 heterocycles. The standard InChI is InChI=1S/C16H25NO3S/c1-16(2)9-7-15(8-10-16)17-21(19,20)12-14-5-3-13(11-18)4-6-14/h3-6,15,17-18H,7-12H2,1-2H3. The maximum absolute atomic E-state index is 12.2. The predicted octanol–water partition coefficient (Wildman–Crippen LogP) is 2.57. The van der Waals surface area contributed by atoms with E-state index in [4.69, 9.17) is 5.11 Å². The van der Waals surface area contributed by atoms with Gasteiger partial charge in [-0.25, -0.2) is 13.1 Å². The summed E-state index contributed by atoms with van der Waals surface area (Å²) >= 11 is 0. The number of aliphatic hydroxyl groups is 1. The number of hydrogen-bond acceptors (Lipinski definition) is 3. The van der Waals surface area contributed by atoms with Gasteiger partial charge in [0.2, 0.25) is 10.0 Å². The minimum atomic E-state index is -3.30. The van der Waals surface area contributed by atoms with Crippen molar-refractivity contribution >= 4 is 10.0 Å². The van der Waals surface area contributed by atoms with Crippen LogP contribution in [0.4, 0.5) is 0 Å². The average molecular weight is 311 g/mol. The van der Waals surface area contributed by atoms with E-state index in [1.165, 1.54) is 0 Å². The monoisotopic (exact) mass is 311 g/mol. The molecule has 0 amide bonds. The highest BCUT2D eigenvalue weighted by Crippen LogP contribution is 2.35. The minimum absolute atomic E-state index is 0.00139. The molecule has 118 valence electrons. The summed E-state index contributed by atoms with van der Waals surface area (Å²) < 4.78 is 27.3. The minimum Gasteiger partial charge on any atom is -0.392 e. The zero-order valence-corrected chi connectivity index (χ0v) is 13.6. The molecule has 0 radical (unpaired) electrons. The maximum atomic E-state index is 12.2. The van der Waals surface area contributed by atoms with Crippen molar-refractivity contribution in [3.63, 3.8) is 0 Å². The Labute approximate surface area is 127 Å². The quantitative estimate of drug-likeness (QED) is 0.878. The van der Waals surface area contributed by atoms with Crippen molar-refractivity contribution in [2.24, 2.45) is 5.41 Å². The molecule has 0 aliphatic heterocycles. The second-order valence-corrected chi connectivity index (χ2v) is 8.54. The van der Waals surface area contributed by atoms with Crippen LogP contribution >= 0.6 is 0 Å². The van der Waals surface area contributed by atoms with Crippen molar-refractivity contribution < 1.29 is 13.5 Å². The fourth-order valence-electron chi connectivity index (χ4n) is 2.77. The van der Waals surface area contributed by atoms with Crippen LogP contribution in [-0.2, 0) is 22.4 Å². The van der Waals surface area contributed by atoms with Crippen LogP contribution < -0.4 is 4.72 Å². The van der Waals surface area contributed by atoms with Gasteiger partial charge in [0.05, 0.1) is 12.4 Å². The molecule has 0 saturated heterocycles. The molecule has 4 nitrogen and oxygen atoms in total. The summed E-state index contributed by atoms with van der Waals surface area (Å²) in [6.45, 7) is 4.45. The van der Waals surface area contributed by atoms with E-state index in [-0.39, 0.29) is 18.4 Å². The molecule has 0 bridgehead atoms. The molecule has 0 aromatic heterocycles. The molecule has 0 unspecified atom stereocenters. The van der Waals surface area contributed by atoms with E-state index in [0.29, 0.717) is 5.41 Å². The van der Waals surface area contributed by atoms with E-state index >= 15 is 0 Å².